The number of hydrogen-bond acceptors (Lipinski definition) is 7. The molecule has 1 aromatic carbocycles. The minimum absolute atomic E-state index is 0.0644. The Morgan fingerprint density at radius 2 is 1.86 bits per heavy atom. The molecule has 0 bridgehead atoms. The second-order valence-corrected chi connectivity index (χ2v) is 9.13. The molecule has 152 valence electrons. The minimum atomic E-state index is -0.242. The molecule has 1 aliphatic rings. The van der Waals surface area contributed by atoms with Gasteiger partial charge in [-0.3, -0.25) is 4.79 Å². The zero-order chi connectivity index (χ0) is 20.5. The van der Waals surface area contributed by atoms with E-state index in [9.17, 15) is 9.18 Å². The van der Waals surface area contributed by atoms with Crippen LogP contribution in [0.1, 0.15) is 10.4 Å². The second kappa shape index (κ2) is 8.16. The van der Waals surface area contributed by atoms with Crippen LogP contribution in [0.3, 0.4) is 0 Å². The summed E-state index contributed by atoms with van der Waals surface area (Å²) in [5.41, 5.74) is 8.22. The number of aromatic nitrogens is 2. The minimum Gasteiger partial charge on any atom is -0.383 e. The summed E-state index contributed by atoms with van der Waals surface area (Å²) >= 11 is 2.92. The Morgan fingerprint density at radius 3 is 2.55 bits per heavy atom. The largest absolute Gasteiger partial charge is 0.383 e. The van der Waals surface area contributed by atoms with Crippen LogP contribution in [0.25, 0.3) is 10.2 Å². The fraction of sp³-hybridized carbons (Fsp3) is 0.350. The average Bonchev–Trinajstić information content (AvgIpc) is 3.01. The van der Waals surface area contributed by atoms with Crippen molar-refractivity contribution >= 4 is 50.7 Å². The van der Waals surface area contributed by atoms with Crippen LogP contribution in [0.4, 0.5) is 15.9 Å². The van der Waals surface area contributed by atoms with Gasteiger partial charge in [0, 0.05) is 36.7 Å². The third kappa shape index (κ3) is 4.16. The lowest BCUT2D eigenvalue weighted by Gasteiger charge is -2.36. The molecule has 1 saturated heterocycles. The predicted octanol–water partition coefficient (Wildman–Crippen LogP) is 3.47. The number of anilines is 2. The van der Waals surface area contributed by atoms with Gasteiger partial charge in [0.25, 0.3) is 0 Å². The van der Waals surface area contributed by atoms with Crippen LogP contribution >= 0.6 is 23.1 Å². The van der Waals surface area contributed by atoms with E-state index < -0.39 is 0 Å². The molecule has 3 aromatic rings. The van der Waals surface area contributed by atoms with Gasteiger partial charge in [-0.2, -0.15) is 0 Å². The van der Waals surface area contributed by atoms with Gasteiger partial charge in [0.05, 0.1) is 11.1 Å². The zero-order valence-electron chi connectivity index (χ0n) is 16.3. The molecule has 4 rings (SSSR count). The summed E-state index contributed by atoms with van der Waals surface area (Å²) in [5, 5.41) is 1.45. The van der Waals surface area contributed by atoms with Crippen molar-refractivity contribution in [1.82, 2.24) is 14.9 Å². The summed E-state index contributed by atoms with van der Waals surface area (Å²) in [7, 11) is 0. The SMILES string of the molecule is Cc1sc2nc(SCC(=O)N3CCN(c4ccc(F)cc4)CC3)nc(N)c2c1C. The fourth-order valence-electron chi connectivity index (χ4n) is 3.41. The van der Waals surface area contributed by atoms with E-state index in [2.05, 4.69) is 14.9 Å². The lowest BCUT2D eigenvalue weighted by Crippen LogP contribution is -2.49. The van der Waals surface area contributed by atoms with Crippen molar-refractivity contribution in [2.45, 2.75) is 19.0 Å². The van der Waals surface area contributed by atoms with Crippen molar-refractivity contribution < 1.29 is 9.18 Å². The molecule has 1 fully saturated rings. The number of hydrogen-bond donors (Lipinski definition) is 1. The number of piperazine rings is 1. The first-order valence-corrected chi connectivity index (χ1v) is 11.2. The number of halogens is 1. The van der Waals surface area contributed by atoms with Gasteiger partial charge in [0.1, 0.15) is 16.5 Å². The van der Waals surface area contributed by atoms with Crippen molar-refractivity contribution in [3.8, 4) is 0 Å². The quantitative estimate of drug-likeness (QED) is 0.504. The third-order valence-electron chi connectivity index (χ3n) is 5.19. The molecule has 29 heavy (non-hydrogen) atoms. The molecule has 2 aromatic heterocycles. The predicted molar refractivity (Wildman–Crippen MR) is 117 cm³/mol. The molecular weight excluding hydrogens is 409 g/mol. The maximum Gasteiger partial charge on any atom is 0.233 e. The summed E-state index contributed by atoms with van der Waals surface area (Å²) in [6.07, 6.45) is 0. The molecule has 0 radical (unpaired) electrons. The summed E-state index contributed by atoms with van der Waals surface area (Å²) in [4.78, 5) is 27.6. The molecule has 1 aliphatic heterocycles. The van der Waals surface area contributed by atoms with Crippen molar-refractivity contribution in [2.24, 2.45) is 0 Å². The van der Waals surface area contributed by atoms with Gasteiger partial charge in [-0.1, -0.05) is 11.8 Å². The van der Waals surface area contributed by atoms with Gasteiger partial charge < -0.3 is 15.5 Å². The van der Waals surface area contributed by atoms with Gasteiger partial charge >= 0.3 is 0 Å². The molecule has 0 unspecified atom stereocenters. The Bertz CT molecular complexity index is 1050. The molecule has 9 heteroatoms. The van der Waals surface area contributed by atoms with E-state index in [0.29, 0.717) is 24.1 Å². The van der Waals surface area contributed by atoms with Gasteiger partial charge in [0.15, 0.2) is 5.16 Å². The van der Waals surface area contributed by atoms with Crippen molar-refractivity contribution in [3.63, 3.8) is 0 Å². The monoisotopic (exact) mass is 431 g/mol. The lowest BCUT2D eigenvalue weighted by atomic mass is 10.2. The Kier molecular flexibility index (Phi) is 5.60. The van der Waals surface area contributed by atoms with E-state index in [1.165, 1.54) is 28.8 Å². The summed E-state index contributed by atoms with van der Waals surface area (Å²) in [5.74, 6) is 0.577. The Morgan fingerprint density at radius 1 is 1.17 bits per heavy atom. The zero-order valence-corrected chi connectivity index (χ0v) is 17.9. The maximum absolute atomic E-state index is 13.1. The van der Waals surface area contributed by atoms with Crippen LogP contribution < -0.4 is 10.6 Å². The van der Waals surface area contributed by atoms with Gasteiger partial charge in [-0.05, 0) is 43.7 Å². The Labute approximate surface area is 176 Å². The van der Waals surface area contributed by atoms with E-state index in [-0.39, 0.29) is 17.5 Å². The fourth-order valence-corrected chi connectivity index (χ4v) is 5.26. The number of carbonyl (C=O) groups is 1. The van der Waals surface area contributed by atoms with E-state index in [1.54, 1.807) is 23.5 Å². The third-order valence-corrected chi connectivity index (χ3v) is 7.12. The van der Waals surface area contributed by atoms with Crippen molar-refractivity contribution in [2.75, 3.05) is 42.6 Å². The molecule has 0 aliphatic carbocycles. The number of rotatable bonds is 4. The van der Waals surface area contributed by atoms with E-state index in [0.717, 1.165) is 34.6 Å². The van der Waals surface area contributed by atoms with Crippen LogP contribution in [0.2, 0.25) is 0 Å². The summed E-state index contributed by atoms with van der Waals surface area (Å²) in [6, 6.07) is 6.47. The van der Waals surface area contributed by atoms with Crippen LogP contribution in [0, 0.1) is 19.7 Å². The van der Waals surface area contributed by atoms with E-state index in [1.807, 2.05) is 18.7 Å². The topological polar surface area (TPSA) is 75.4 Å². The number of fused-ring (bicyclic) bond motifs is 1. The van der Waals surface area contributed by atoms with Crippen LogP contribution in [-0.2, 0) is 4.79 Å². The number of benzene rings is 1. The molecule has 2 N–H and O–H groups in total. The first-order valence-electron chi connectivity index (χ1n) is 9.36. The van der Waals surface area contributed by atoms with Gasteiger partial charge in [-0.15, -0.1) is 11.3 Å². The van der Waals surface area contributed by atoms with Crippen LogP contribution in [-0.4, -0.2) is 52.7 Å². The van der Waals surface area contributed by atoms with E-state index in [4.69, 9.17) is 5.73 Å². The first kappa shape index (κ1) is 19.9. The number of aryl methyl sites for hydroxylation is 2. The smallest absolute Gasteiger partial charge is 0.233 e. The van der Waals surface area contributed by atoms with Crippen LogP contribution in [0.15, 0.2) is 29.4 Å². The van der Waals surface area contributed by atoms with Crippen LogP contribution in [0.5, 0.6) is 0 Å². The molecule has 1 amide bonds. The van der Waals surface area contributed by atoms with Gasteiger partial charge in [0.2, 0.25) is 5.91 Å². The summed E-state index contributed by atoms with van der Waals surface area (Å²) < 4.78 is 13.1. The highest BCUT2D eigenvalue weighted by Gasteiger charge is 2.22. The van der Waals surface area contributed by atoms with Crippen molar-refractivity contribution in [1.29, 1.82) is 0 Å². The maximum atomic E-state index is 13.1. The number of amides is 1. The standard InChI is InChI=1S/C20H22FN5OS2/c1-12-13(2)29-19-17(12)18(22)23-20(24-19)28-11-16(27)26-9-7-25(8-10-26)15-5-3-14(21)4-6-15/h3-6H,7-11H2,1-2H3,(H2,22,23,24). The molecular formula is C20H22FN5OS2. The average molecular weight is 432 g/mol. The Balaban J connectivity index is 1.34. The number of thiophene rings is 1. The number of carbonyl (C=O) groups excluding carboxylic acids is 1. The number of thioether (sulfide) groups is 1. The number of nitrogens with two attached hydrogens (primary N) is 1. The molecule has 3 heterocycles. The van der Waals surface area contributed by atoms with Gasteiger partial charge in [-0.25, -0.2) is 14.4 Å². The summed E-state index contributed by atoms with van der Waals surface area (Å²) in [6.45, 7) is 6.81. The highest BCUT2D eigenvalue weighted by atomic mass is 32.2. The molecule has 0 spiro atoms. The molecule has 0 atom stereocenters. The number of nitrogens with zero attached hydrogens (tertiary/aromatic N) is 4. The molecule has 0 saturated carbocycles. The lowest BCUT2D eigenvalue weighted by molar-refractivity contribution is -0.128. The second-order valence-electron chi connectivity index (χ2n) is 6.99. The highest BCUT2D eigenvalue weighted by molar-refractivity contribution is 7.99. The van der Waals surface area contributed by atoms with Crippen molar-refractivity contribution in [3.05, 3.63) is 40.5 Å². The number of nitrogen functional groups attached to an aromatic ring is 1. The van der Waals surface area contributed by atoms with E-state index >= 15 is 0 Å². The Hall–Kier alpha value is -2.39. The molecule has 6 nitrogen and oxygen atoms in total. The normalized spacial score (nSPS) is 14.6. The highest BCUT2D eigenvalue weighted by Crippen LogP contribution is 2.33. The first-order chi connectivity index (χ1) is 13.9.